The molecular weight excluding hydrogens is 333 g/mol. The minimum absolute atomic E-state index is 0.0870. The van der Waals surface area contributed by atoms with Crippen LogP contribution in [0.1, 0.15) is 36.1 Å². The molecule has 0 bridgehead atoms. The molecule has 2 heterocycles. The quantitative estimate of drug-likeness (QED) is 0.850. The van der Waals surface area contributed by atoms with Gasteiger partial charge in [0.2, 0.25) is 5.91 Å². The molecule has 0 saturated carbocycles. The summed E-state index contributed by atoms with van der Waals surface area (Å²) in [4.78, 5) is 13.7. The molecule has 8 heteroatoms. The van der Waals surface area contributed by atoms with Crippen molar-refractivity contribution >= 4 is 5.91 Å². The third-order valence-electron chi connectivity index (χ3n) is 4.35. The SMILES string of the molecule is Cc1nnc2n1[C@H](Cc1ccccc1)CN(C(=O)CCC(F)(F)F)C2. The first-order valence-corrected chi connectivity index (χ1v) is 8.12. The monoisotopic (exact) mass is 352 g/mol. The number of fused-ring (bicyclic) bond motifs is 1. The molecule has 0 aliphatic carbocycles. The molecule has 1 aromatic carbocycles. The van der Waals surface area contributed by atoms with Gasteiger partial charge in [0.15, 0.2) is 5.82 Å². The highest BCUT2D eigenvalue weighted by Gasteiger charge is 2.33. The Morgan fingerprint density at radius 3 is 2.64 bits per heavy atom. The molecule has 1 atom stereocenters. The molecule has 0 spiro atoms. The zero-order chi connectivity index (χ0) is 18.0. The molecule has 5 nitrogen and oxygen atoms in total. The maximum absolute atomic E-state index is 12.4. The second-order valence-electron chi connectivity index (χ2n) is 6.27. The van der Waals surface area contributed by atoms with Crippen LogP contribution in [-0.2, 0) is 17.8 Å². The Balaban J connectivity index is 1.77. The van der Waals surface area contributed by atoms with Crippen molar-refractivity contribution in [2.75, 3.05) is 6.54 Å². The topological polar surface area (TPSA) is 51.0 Å². The zero-order valence-corrected chi connectivity index (χ0v) is 13.8. The van der Waals surface area contributed by atoms with Gasteiger partial charge in [-0.25, -0.2) is 0 Å². The maximum Gasteiger partial charge on any atom is 0.389 e. The number of hydrogen-bond donors (Lipinski definition) is 0. The molecule has 1 aromatic heterocycles. The molecule has 1 aliphatic rings. The van der Waals surface area contributed by atoms with Gasteiger partial charge >= 0.3 is 6.18 Å². The Bertz CT molecular complexity index is 742. The highest BCUT2D eigenvalue weighted by atomic mass is 19.4. The van der Waals surface area contributed by atoms with E-state index in [1.54, 1.807) is 0 Å². The van der Waals surface area contributed by atoms with Crippen LogP contribution in [0.3, 0.4) is 0 Å². The van der Waals surface area contributed by atoms with Crippen LogP contribution in [0.15, 0.2) is 30.3 Å². The summed E-state index contributed by atoms with van der Waals surface area (Å²) in [7, 11) is 0. The number of aromatic nitrogens is 3. The van der Waals surface area contributed by atoms with E-state index < -0.39 is 24.9 Å². The van der Waals surface area contributed by atoms with Crippen molar-refractivity contribution in [2.45, 2.75) is 44.9 Å². The summed E-state index contributed by atoms with van der Waals surface area (Å²) in [5, 5.41) is 8.15. The van der Waals surface area contributed by atoms with Crippen LogP contribution in [0.4, 0.5) is 13.2 Å². The number of carbonyl (C=O) groups excluding carboxylic acids is 1. The fourth-order valence-electron chi connectivity index (χ4n) is 3.21. The van der Waals surface area contributed by atoms with Crippen molar-refractivity contribution < 1.29 is 18.0 Å². The molecule has 0 radical (unpaired) electrons. The van der Waals surface area contributed by atoms with Gasteiger partial charge in [-0.2, -0.15) is 13.2 Å². The zero-order valence-electron chi connectivity index (χ0n) is 13.8. The van der Waals surface area contributed by atoms with Gasteiger partial charge < -0.3 is 9.47 Å². The summed E-state index contributed by atoms with van der Waals surface area (Å²) >= 11 is 0. The third kappa shape index (κ3) is 4.18. The predicted molar refractivity (Wildman–Crippen MR) is 84.6 cm³/mol. The van der Waals surface area contributed by atoms with Crippen LogP contribution in [-0.4, -0.2) is 38.3 Å². The number of alkyl halides is 3. The van der Waals surface area contributed by atoms with E-state index in [2.05, 4.69) is 10.2 Å². The van der Waals surface area contributed by atoms with Gasteiger partial charge in [0, 0.05) is 13.0 Å². The standard InChI is InChI=1S/C17H19F3N4O/c1-12-21-22-15-11-23(16(25)7-8-17(18,19)20)10-14(24(12)15)9-13-5-3-2-4-6-13/h2-6,14H,7-11H2,1H3/t14-/m1/s1. The number of amides is 1. The number of aryl methyl sites for hydroxylation is 1. The van der Waals surface area contributed by atoms with Gasteiger partial charge in [0.1, 0.15) is 5.82 Å². The lowest BCUT2D eigenvalue weighted by molar-refractivity contribution is -0.150. The molecule has 0 unspecified atom stereocenters. The van der Waals surface area contributed by atoms with Crippen LogP contribution < -0.4 is 0 Å². The maximum atomic E-state index is 12.4. The van der Waals surface area contributed by atoms with Crippen molar-refractivity contribution in [3.05, 3.63) is 47.5 Å². The van der Waals surface area contributed by atoms with Gasteiger partial charge in [-0.05, 0) is 18.9 Å². The van der Waals surface area contributed by atoms with Crippen molar-refractivity contribution in [2.24, 2.45) is 0 Å². The van der Waals surface area contributed by atoms with E-state index in [9.17, 15) is 18.0 Å². The number of rotatable bonds is 4. The van der Waals surface area contributed by atoms with E-state index >= 15 is 0 Å². The van der Waals surface area contributed by atoms with Crippen molar-refractivity contribution in [3.63, 3.8) is 0 Å². The first kappa shape index (κ1) is 17.4. The Kier molecular flexibility index (Phi) is 4.78. The molecule has 2 aromatic rings. The minimum Gasteiger partial charge on any atom is -0.333 e. The molecule has 0 saturated heterocycles. The van der Waals surface area contributed by atoms with Crippen molar-refractivity contribution in [3.8, 4) is 0 Å². The Hall–Kier alpha value is -2.38. The second-order valence-corrected chi connectivity index (χ2v) is 6.27. The van der Waals surface area contributed by atoms with Crippen LogP contribution in [0.25, 0.3) is 0 Å². The molecule has 0 fully saturated rings. The number of benzene rings is 1. The summed E-state index contributed by atoms with van der Waals surface area (Å²) in [6.07, 6.45) is -5.30. The van der Waals surface area contributed by atoms with Crippen LogP contribution in [0.5, 0.6) is 0 Å². The van der Waals surface area contributed by atoms with Gasteiger partial charge in [-0.3, -0.25) is 4.79 Å². The Labute approximate surface area is 143 Å². The lowest BCUT2D eigenvalue weighted by Crippen LogP contribution is -2.42. The first-order chi connectivity index (χ1) is 11.8. The van der Waals surface area contributed by atoms with E-state index in [4.69, 9.17) is 0 Å². The molecule has 0 N–H and O–H groups in total. The normalized spacial score (nSPS) is 17.4. The fraction of sp³-hybridized carbons (Fsp3) is 0.471. The van der Waals surface area contributed by atoms with Gasteiger partial charge in [-0.1, -0.05) is 30.3 Å². The smallest absolute Gasteiger partial charge is 0.333 e. The molecule has 25 heavy (non-hydrogen) atoms. The van der Waals surface area contributed by atoms with E-state index in [-0.39, 0.29) is 12.6 Å². The Morgan fingerprint density at radius 1 is 1.24 bits per heavy atom. The van der Waals surface area contributed by atoms with E-state index in [1.165, 1.54) is 4.90 Å². The predicted octanol–water partition coefficient (Wildman–Crippen LogP) is 3.06. The summed E-state index contributed by atoms with van der Waals surface area (Å²) in [6, 6.07) is 9.69. The first-order valence-electron chi connectivity index (χ1n) is 8.12. The van der Waals surface area contributed by atoms with Gasteiger partial charge in [0.05, 0.1) is 19.0 Å². The van der Waals surface area contributed by atoms with Gasteiger partial charge in [-0.15, -0.1) is 10.2 Å². The Morgan fingerprint density at radius 2 is 1.96 bits per heavy atom. The van der Waals surface area contributed by atoms with Crippen molar-refractivity contribution in [1.82, 2.24) is 19.7 Å². The number of hydrogen-bond acceptors (Lipinski definition) is 3. The highest BCUT2D eigenvalue weighted by Crippen LogP contribution is 2.27. The molecule has 3 rings (SSSR count). The fourth-order valence-corrected chi connectivity index (χ4v) is 3.21. The third-order valence-corrected chi connectivity index (χ3v) is 4.35. The number of nitrogens with zero attached hydrogens (tertiary/aromatic N) is 4. The molecular formula is C17H19F3N4O. The largest absolute Gasteiger partial charge is 0.389 e. The number of carbonyl (C=O) groups is 1. The number of halogens is 3. The molecule has 134 valence electrons. The van der Waals surface area contributed by atoms with Crippen LogP contribution >= 0.6 is 0 Å². The summed E-state index contributed by atoms with van der Waals surface area (Å²) in [5.74, 6) is 0.866. The van der Waals surface area contributed by atoms with E-state index in [1.807, 2.05) is 41.8 Å². The van der Waals surface area contributed by atoms with Crippen molar-refractivity contribution in [1.29, 1.82) is 0 Å². The van der Waals surface area contributed by atoms with Gasteiger partial charge in [0.25, 0.3) is 0 Å². The summed E-state index contributed by atoms with van der Waals surface area (Å²) in [6.45, 7) is 2.40. The van der Waals surface area contributed by atoms with E-state index in [0.29, 0.717) is 18.8 Å². The second kappa shape index (κ2) is 6.85. The summed E-state index contributed by atoms with van der Waals surface area (Å²) < 4.78 is 39.2. The minimum atomic E-state index is -4.33. The van der Waals surface area contributed by atoms with E-state index in [0.717, 1.165) is 11.4 Å². The highest BCUT2D eigenvalue weighted by molar-refractivity contribution is 5.76. The van der Waals surface area contributed by atoms with Crippen LogP contribution in [0.2, 0.25) is 0 Å². The average molecular weight is 352 g/mol. The average Bonchev–Trinajstić information content (AvgIpc) is 2.94. The lowest BCUT2D eigenvalue weighted by Gasteiger charge is -2.34. The molecule has 1 aliphatic heterocycles. The van der Waals surface area contributed by atoms with Crippen LogP contribution in [0, 0.1) is 6.92 Å². The lowest BCUT2D eigenvalue weighted by atomic mass is 10.0. The summed E-state index contributed by atoms with van der Waals surface area (Å²) in [5.41, 5.74) is 1.09. The molecule has 1 amide bonds.